The molecule has 0 aliphatic carbocycles. The molecule has 1 aromatic heterocycles. The highest BCUT2D eigenvalue weighted by Crippen LogP contribution is 2.21. The van der Waals surface area contributed by atoms with Crippen LogP contribution in [0.5, 0.6) is 0 Å². The Labute approximate surface area is 83.6 Å². The molecule has 1 aromatic rings. The Morgan fingerprint density at radius 2 is 2.29 bits per heavy atom. The minimum Gasteiger partial charge on any atom is -0.310 e. The number of alkyl halides is 1. The summed E-state index contributed by atoms with van der Waals surface area (Å²) in [4.78, 5) is 4.25. The fourth-order valence-corrected chi connectivity index (χ4v) is 1.61. The Kier molecular flexibility index (Phi) is 2.50. The molecule has 76 valence electrons. The first-order valence-electron chi connectivity index (χ1n) is 5.05. The molecule has 0 bridgehead atoms. The molecule has 0 unspecified atom stereocenters. The number of rotatable bonds is 3. The number of nitrogens with one attached hydrogen (secondary N) is 1. The fourth-order valence-electron chi connectivity index (χ4n) is 1.61. The van der Waals surface area contributed by atoms with Gasteiger partial charge in [0.05, 0.1) is 0 Å². The van der Waals surface area contributed by atoms with Gasteiger partial charge in [0.2, 0.25) is 0 Å². The predicted molar refractivity (Wildman–Crippen MR) is 54.0 cm³/mol. The second-order valence-electron chi connectivity index (χ2n) is 3.94. The standard InChI is InChI=1S/C11H15FN2/c1-2-9-3-4-10(14-6-9)5-11(12)7-13-8-11/h3-4,6,13H,2,5,7-8H2,1H3. The van der Waals surface area contributed by atoms with Crippen LogP contribution in [0.1, 0.15) is 18.2 Å². The van der Waals surface area contributed by atoms with E-state index in [-0.39, 0.29) is 0 Å². The van der Waals surface area contributed by atoms with E-state index >= 15 is 0 Å². The van der Waals surface area contributed by atoms with Crippen LogP contribution >= 0.6 is 0 Å². The van der Waals surface area contributed by atoms with Crippen molar-refractivity contribution in [3.05, 3.63) is 29.6 Å². The molecule has 0 aromatic carbocycles. The van der Waals surface area contributed by atoms with Crippen molar-refractivity contribution in [3.63, 3.8) is 0 Å². The lowest BCUT2D eigenvalue weighted by atomic mass is 9.93. The second kappa shape index (κ2) is 3.65. The zero-order valence-electron chi connectivity index (χ0n) is 8.39. The van der Waals surface area contributed by atoms with E-state index in [0.717, 1.165) is 12.1 Å². The van der Waals surface area contributed by atoms with Gasteiger partial charge in [-0.3, -0.25) is 4.98 Å². The fraction of sp³-hybridized carbons (Fsp3) is 0.545. The number of halogens is 1. The summed E-state index contributed by atoms with van der Waals surface area (Å²) in [5.41, 5.74) is 1.00. The van der Waals surface area contributed by atoms with Gasteiger partial charge in [-0.05, 0) is 18.1 Å². The zero-order chi connectivity index (χ0) is 10.0. The molecule has 1 fully saturated rings. The van der Waals surface area contributed by atoms with E-state index in [1.807, 2.05) is 18.3 Å². The van der Waals surface area contributed by atoms with E-state index in [1.165, 1.54) is 5.56 Å². The minimum atomic E-state index is -1.05. The highest BCUT2D eigenvalue weighted by Gasteiger charge is 2.37. The molecule has 0 amide bonds. The quantitative estimate of drug-likeness (QED) is 0.788. The van der Waals surface area contributed by atoms with Crippen molar-refractivity contribution in [1.82, 2.24) is 10.3 Å². The Hall–Kier alpha value is -0.960. The van der Waals surface area contributed by atoms with E-state index in [1.54, 1.807) is 0 Å². The topological polar surface area (TPSA) is 24.9 Å². The molecule has 0 atom stereocenters. The summed E-state index contributed by atoms with van der Waals surface area (Å²) in [6, 6.07) is 3.95. The third-order valence-corrected chi connectivity index (χ3v) is 2.68. The normalized spacial score (nSPS) is 19.0. The average Bonchev–Trinajstić information content (AvgIpc) is 2.17. The summed E-state index contributed by atoms with van der Waals surface area (Å²) in [5.74, 6) is 0. The monoisotopic (exact) mass is 194 g/mol. The molecule has 1 aliphatic rings. The van der Waals surface area contributed by atoms with Crippen molar-refractivity contribution in [2.24, 2.45) is 0 Å². The Bertz CT molecular complexity index is 304. The highest BCUT2D eigenvalue weighted by molar-refractivity contribution is 5.16. The molecule has 2 rings (SSSR count). The van der Waals surface area contributed by atoms with Gasteiger partial charge in [-0.25, -0.2) is 4.39 Å². The lowest BCUT2D eigenvalue weighted by molar-refractivity contribution is 0.0900. The maximum Gasteiger partial charge on any atom is 0.141 e. The lowest BCUT2D eigenvalue weighted by Gasteiger charge is -2.34. The molecular weight excluding hydrogens is 179 g/mol. The Morgan fingerprint density at radius 1 is 1.50 bits per heavy atom. The zero-order valence-corrected chi connectivity index (χ0v) is 8.39. The van der Waals surface area contributed by atoms with Gasteiger partial charge in [-0.15, -0.1) is 0 Å². The summed E-state index contributed by atoms with van der Waals surface area (Å²) in [6.45, 7) is 3.01. The summed E-state index contributed by atoms with van der Waals surface area (Å²) < 4.78 is 13.7. The van der Waals surface area contributed by atoms with Crippen LogP contribution < -0.4 is 5.32 Å². The van der Waals surface area contributed by atoms with E-state index < -0.39 is 5.67 Å². The molecule has 0 radical (unpaired) electrons. The average molecular weight is 194 g/mol. The highest BCUT2D eigenvalue weighted by atomic mass is 19.1. The smallest absolute Gasteiger partial charge is 0.141 e. The maximum atomic E-state index is 13.7. The Balaban J connectivity index is 2.02. The van der Waals surface area contributed by atoms with Gasteiger partial charge in [0.1, 0.15) is 5.67 Å². The van der Waals surface area contributed by atoms with Crippen molar-refractivity contribution in [3.8, 4) is 0 Å². The maximum absolute atomic E-state index is 13.7. The SMILES string of the molecule is CCc1ccc(CC2(F)CNC2)nc1. The third-order valence-electron chi connectivity index (χ3n) is 2.68. The van der Waals surface area contributed by atoms with E-state index in [2.05, 4.69) is 17.2 Å². The lowest BCUT2D eigenvalue weighted by Crippen LogP contribution is -2.57. The van der Waals surface area contributed by atoms with E-state index in [4.69, 9.17) is 0 Å². The second-order valence-corrected chi connectivity index (χ2v) is 3.94. The molecule has 3 heteroatoms. The molecule has 2 heterocycles. The molecule has 2 nitrogen and oxygen atoms in total. The van der Waals surface area contributed by atoms with Crippen LogP contribution in [-0.2, 0) is 12.8 Å². The molecule has 1 saturated heterocycles. The first-order chi connectivity index (χ1) is 6.72. The third kappa shape index (κ3) is 1.93. The molecule has 1 aliphatic heterocycles. The molecule has 1 N–H and O–H groups in total. The van der Waals surface area contributed by atoms with Crippen LogP contribution in [0.4, 0.5) is 4.39 Å². The van der Waals surface area contributed by atoms with E-state index in [9.17, 15) is 4.39 Å². The summed E-state index contributed by atoms with van der Waals surface area (Å²) in [6.07, 6.45) is 3.25. The van der Waals surface area contributed by atoms with Gasteiger partial charge in [0, 0.05) is 31.4 Å². The number of nitrogens with zero attached hydrogens (tertiary/aromatic N) is 1. The number of aromatic nitrogens is 1. The van der Waals surface area contributed by atoms with Gasteiger partial charge in [0.25, 0.3) is 0 Å². The summed E-state index contributed by atoms with van der Waals surface area (Å²) in [5, 5.41) is 2.94. The first kappa shape index (κ1) is 9.59. The predicted octanol–water partition coefficient (Wildman–Crippen LogP) is 1.50. The van der Waals surface area contributed by atoms with Crippen molar-refractivity contribution in [2.45, 2.75) is 25.4 Å². The van der Waals surface area contributed by atoms with E-state index in [0.29, 0.717) is 19.5 Å². The Morgan fingerprint density at radius 3 is 2.71 bits per heavy atom. The summed E-state index contributed by atoms with van der Waals surface area (Å²) >= 11 is 0. The van der Waals surface area contributed by atoms with Crippen LogP contribution in [0.2, 0.25) is 0 Å². The van der Waals surface area contributed by atoms with Crippen molar-refractivity contribution in [1.29, 1.82) is 0 Å². The van der Waals surface area contributed by atoms with Crippen LogP contribution in [0.25, 0.3) is 0 Å². The summed E-state index contributed by atoms with van der Waals surface area (Å²) in [7, 11) is 0. The molecule has 14 heavy (non-hydrogen) atoms. The largest absolute Gasteiger partial charge is 0.310 e. The van der Waals surface area contributed by atoms with Gasteiger partial charge in [-0.2, -0.15) is 0 Å². The number of hydrogen-bond donors (Lipinski definition) is 1. The van der Waals surface area contributed by atoms with Crippen molar-refractivity contribution < 1.29 is 4.39 Å². The number of hydrogen-bond acceptors (Lipinski definition) is 2. The van der Waals surface area contributed by atoms with Crippen molar-refractivity contribution in [2.75, 3.05) is 13.1 Å². The van der Waals surface area contributed by atoms with Gasteiger partial charge in [0.15, 0.2) is 0 Å². The molecule has 0 spiro atoms. The van der Waals surface area contributed by atoms with Crippen LogP contribution in [-0.4, -0.2) is 23.7 Å². The van der Waals surface area contributed by atoms with Gasteiger partial charge < -0.3 is 5.32 Å². The van der Waals surface area contributed by atoms with Gasteiger partial charge >= 0.3 is 0 Å². The van der Waals surface area contributed by atoms with Crippen molar-refractivity contribution >= 4 is 0 Å². The van der Waals surface area contributed by atoms with Crippen LogP contribution in [0.3, 0.4) is 0 Å². The number of pyridine rings is 1. The molecule has 0 saturated carbocycles. The first-order valence-corrected chi connectivity index (χ1v) is 5.05. The van der Waals surface area contributed by atoms with Crippen LogP contribution in [0.15, 0.2) is 18.3 Å². The number of aryl methyl sites for hydroxylation is 1. The van der Waals surface area contributed by atoms with Crippen LogP contribution in [0, 0.1) is 0 Å². The molecular formula is C11H15FN2. The minimum absolute atomic E-state index is 0.435. The van der Waals surface area contributed by atoms with Gasteiger partial charge in [-0.1, -0.05) is 13.0 Å².